The molecule has 0 radical (unpaired) electrons. The molecule has 1 unspecified atom stereocenters. The van der Waals surface area contributed by atoms with Crippen molar-refractivity contribution >= 4 is 29.0 Å². The van der Waals surface area contributed by atoms with Gasteiger partial charge in [-0.1, -0.05) is 48.0 Å². The number of amides is 1. The zero-order valence-electron chi connectivity index (χ0n) is 14.0. The molecular weight excluding hydrogens is 336 g/mol. The van der Waals surface area contributed by atoms with Crippen LogP contribution in [0.1, 0.15) is 17.2 Å². The highest BCUT2D eigenvalue weighted by molar-refractivity contribution is 6.31. The Hall–Kier alpha value is -2.79. The van der Waals surface area contributed by atoms with Crippen molar-refractivity contribution in [3.8, 4) is 0 Å². The molecule has 0 aliphatic rings. The van der Waals surface area contributed by atoms with Crippen LogP contribution in [-0.2, 0) is 11.8 Å². The second-order valence-electron chi connectivity index (χ2n) is 5.82. The predicted octanol–water partition coefficient (Wildman–Crippen LogP) is 4.17. The standard InChI is InChI=1S/C19H19ClN4O/c1-13-8-9-15(12-16(13)20)21-19(25)18(14-6-4-3-5-7-14)22-17-10-11-24(2)23-17/h3-12,18H,1-2H3,(H,21,25)(H,22,23). The average Bonchev–Trinajstić information content (AvgIpc) is 3.02. The van der Waals surface area contributed by atoms with E-state index in [-0.39, 0.29) is 5.91 Å². The molecule has 3 aromatic rings. The molecule has 0 aliphatic carbocycles. The van der Waals surface area contributed by atoms with Gasteiger partial charge in [-0.3, -0.25) is 9.48 Å². The molecule has 0 saturated heterocycles. The van der Waals surface area contributed by atoms with Gasteiger partial charge < -0.3 is 10.6 Å². The van der Waals surface area contributed by atoms with E-state index in [9.17, 15) is 4.79 Å². The van der Waals surface area contributed by atoms with Gasteiger partial charge in [-0.25, -0.2) is 0 Å². The normalized spacial score (nSPS) is 11.8. The summed E-state index contributed by atoms with van der Waals surface area (Å²) in [7, 11) is 1.83. The SMILES string of the molecule is Cc1ccc(NC(=O)C(Nc2ccn(C)n2)c2ccccc2)cc1Cl. The number of rotatable bonds is 5. The van der Waals surface area contributed by atoms with E-state index in [0.717, 1.165) is 11.1 Å². The molecule has 25 heavy (non-hydrogen) atoms. The van der Waals surface area contributed by atoms with Crippen molar-refractivity contribution in [2.24, 2.45) is 7.05 Å². The number of carbonyl (C=O) groups is 1. The first kappa shape index (κ1) is 17.0. The zero-order valence-corrected chi connectivity index (χ0v) is 14.8. The van der Waals surface area contributed by atoms with Crippen LogP contribution in [0.3, 0.4) is 0 Å². The number of halogens is 1. The van der Waals surface area contributed by atoms with Crippen molar-refractivity contribution in [3.05, 3.63) is 76.9 Å². The van der Waals surface area contributed by atoms with Crippen molar-refractivity contribution in [3.63, 3.8) is 0 Å². The maximum Gasteiger partial charge on any atom is 0.251 e. The van der Waals surface area contributed by atoms with Crippen molar-refractivity contribution in [2.75, 3.05) is 10.6 Å². The summed E-state index contributed by atoms with van der Waals surface area (Å²) in [6, 6.07) is 16.2. The first-order chi connectivity index (χ1) is 12.0. The maximum absolute atomic E-state index is 12.9. The number of hydrogen-bond acceptors (Lipinski definition) is 3. The monoisotopic (exact) mass is 354 g/mol. The van der Waals surface area contributed by atoms with Crippen LogP contribution in [0.25, 0.3) is 0 Å². The molecule has 6 heteroatoms. The number of aromatic nitrogens is 2. The van der Waals surface area contributed by atoms with E-state index in [1.165, 1.54) is 0 Å². The molecule has 5 nitrogen and oxygen atoms in total. The van der Waals surface area contributed by atoms with E-state index < -0.39 is 6.04 Å². The Bertz CT molecular complexity index is 876. The molecule has 0 aliphatic heterocycles. The molecule has 2 N–H and O–H groups in total. The highest BCUT2D eigenvalue weighted by atomic mass is 35.5. The van der Waals surface area contributed by atoms with E-state index in [0.29, 0.717) is 16.5 Å². The molecule has 0 spiro atoms. The van der Waals surface area contributed by atoms with Gasteiger partial charge in [0.2, 0.25) is 0 Å². The highest BCUT2D eigenvalue weighted by Gasteiger charge is 2.21. The lowest BCUT2D eigenvalue weighted by atomic mass is 10.1. The lowest BCUT2D eigenvalue weighted by Crippen LogP contribution is -2.27. The van der Waals surface area contributed by atoms with Gasteiger partial charge >= 0.3 is 0 Å². The summed E-state index contributed by atoms with van der Waals surface area (Å²) in [6.07, 6.45) is 1.82. The van der Waals surface area contributed by atoms with Gasteiger partial charge in [0, 0.05) is 30.0 Å². The Morgan fingerprint density at radius 3 is 2.56 bits per heavy atom. The topological polar surface area (TPSA) is 59.0 Å². The number of hydrogen-bond donors (Lipinski definition) is 2. The predicted molar refractivity (Wildman–Crippen MR) is 101 cm³/mol. The van der Waals surface area contributed by atoms with Crippen molar-refractivity contribution in [1.29, 1.82) is 0 Å². The van der Waals surface area contributed by atoms with E-state index >= 15 is 0 Å². The Labute approximate surface area is 151 Å². The van der Waals surface area contributed by atoms with Gasteiger partial charge in [0.25, 0.3) is 5.91 Å². The molecular formula is C19H19ClN4O. The smallest absolute Gasteiger partial charge is 0.251 e. The molecule has 3 rings (SSSR count). The van der Waals surface area contributed by atoms with Crippen molar-refractivity contribution < 1.29 is 4.79 Å². The van der Waals surface area contributed by atoms with Crippen LogP contribution in [0.15, 0.2) is 60.8 Å². The largest absolute Gasteiger partial charge is 0.353 e. The van der Waals surface area contributed by atoms with Crippen molar-refractivity contribution in [2.45, 2.75) is 13.0 Å². The summed E-state index contributed by atoms with van der Waals surface area (Å²) in [4.78, 5) is 12.9. The number of carbonyl (C=O) groups excluding carboxylic acids is 1. The van der Waals surface area contributed by atoms with E-state index in [4.69, 9.17) is 11.6 Å². The van der Waals surface area contributed by atoms with Crippen LogP contribution in [0.4, 0.5) is 11.5 Å². The summed E-state index contributed by atoms with van der Waals surface area (Å²) < 4.78 is 1.68. The number of anilines is 2. The van der Waals surface area contributed by atoms with Crippen LogP contribution in [0, 0.1) is 6.92 Å². The van der Waals surface area contributed by atoms with Crippen LogP contribution >= 0.6 is 11.6 Å². The van der Waals surface area contributed by atoms with Gasteiger partial charge in [0.05, 0.1) is 0 Å². The van der Waals surface area contributed by atoms with E-state index in [1.54, 1.807) is 10.7 Å². The van der Waals surface area contributed by atoms with Crippen LogP contribution < -0.4 is 10.6 Å². The van der Waals surface area contributed by atoms with Gasteiger partial charge in [0.1, 0.15) is 11.9 Å². The fraction of sp³-hybridized carbons (Fsp3) is 0.158. The van der Waals surface area contributed by atoms with Gasteiger partial charge in [-0.05, 0) is 30.2 Å². The molecule has 128 valence electrons. The fourth-order valence-electron chi connectivity index (χ4n) is 2.47. The number of benzene rings is 2. The zero-order chi connectivity index (χ0) is 17.8. The maximum atomic E-state index is 12.9. The lowest BCUT2D eigenvalue weighted by molar-refractivity contribution is -0.117. The van der Waals surface area contributed by atoms with Gasteiger partial charge in [-0.2, -0.15) is 5.10 Å². The fourth-order valence-corrected chi connectivity index (χ4v) is 2.65. The molecule has 1 aromatic heterocycles. The van der Waals surface area contributed by atoms with E-state index in [2.05, 4.69) is 15.7 Å². The highest BCUT2D eigenvalue weighted by Crippen LogP contribution is 2.23. The van der Waals surface area contributed by atoms with Gasteiger partial charge in [-0.15, -0.1) is 0 Å². The quantitative estimate of drug-likeness (QED) is 0.722. The average molecular weight is 355 g/mol. The number of nitrogens with one attached hydrogen (secondary N) is 2. The van der Waals surface area contributed by atoms with Gasteiger partial charge in [0.15, 0.2) is 0 Å². The molecule has 2 aromatic carbocycles. The molecule has 0 saturated carbocycles. The van der Waals surface area contributed by atoms with Crippen molar-refractivity contribution in [1.82, 2.24) is 9.78 Å². The summed E-state index contributed by atoms with van der Waals surface area (Å²) in [5, 5.41) is 11.0. The first-order valence-corrected chi connectivity index (χ1v) is 8.29. The second-order valence-corrected chi connectivity index (χ2v) is 6.22. The Kier molecular flexibility index (Phi) is 5.05. The third kappa shape index (κ3) is 4.19. The minimum atomic E-state index is -0.573. The number of nitrogens with zero attached hydrogens (tertiary/aromatic N) is 2. The molecule has 0 bridgehead atoms. The summed E-state index contributed by atoms with van der Waals surface area (Å²) in [6.45, 7) is 1.92. The Morgan fingerprint density at radius 1 is 1.16 bits per heavy atom. The lowest BCUT2D eigenvalue weighted by Gasteiger charge is -2.19. The molecule has 1 heterocycles. The Balaban J connectivity index is 1.85. The first-order valence-electron chi connectivity index (χ1n) is 7.91. The minimum absolute atomic E-state index is 0.184. The van der Waals surface area contributed by atoms with Crippen LogP contribution in [0.5, 0.6) is 0 Å². The third-order valence-corrected chi connectivity index (χ3v) is 4.25. The second kappa shape index (κ2) is 7.40. The Morgan fingerprint density at radius 2 is 1.92 bits per heavy atom. The van der Waals surface area contributed by atoms with E-state index in [1.807, 2.05) is 68.7 Å². The molecule has 1 amide bonds. The van der Waals surface area contributed by atoms with Crippen LogP contribution in [0.2, 0.25) is 5.02 Å². The third-order valence-electron chi connectivity index (χ3n) is 3.84. The van der Waals surface area contributed by atoms with Crippen LogP contribution in [-0.4, -0.2) is 15.7 Å². The summed E-state index contributed by atoms with van der Waals surface area (Å²) in [5.41, 5.74) is 2.47. The summed E-state index contributed by atoms with van der Waals surface area (Å²) in [5.74, 6) is 0.449. The molecule has 1 atom stereocenters. The number of aryl methyl sites for hydroxylation is 2. The summed E-state index contributed by atoms with van der Waals surface area (Å²) >= 11 is 6.15. The molecule has 0 fully saturated rings. The minimum Gasteiger partial charge on any atom is -0.353 e.